The molecule has 2 heterocycles. The molecule has 53 heavy (non-hydrogen) atoms. The van der Waals surface area contributed by atoms with E-state index >= 15 is 0 Å². The lowest BCUT2D eigenvalue weighted by Crippen LogP contribution is -2.44. The summed E-state index contributed by atoms with van der Waals surface area (Å²) >= 11 is 0. The van der Waals surface area contributed by atoms with Crippen LogP contribution in [-0.4, -0.2) is 63.8 Å². The number of aliphatic hydroxyl groups excluding tert-OH is 1. The Balaban J connectivity index is 1.54. The number of fused-ring (bicyclic) bond motifs is 1. The number of aliphatic carboxylic acids is 1. The average molecular weight is 721 g/mol. The van der Waals surface area contributed by atoms with Crippen LogP contribution in [0.3, 0.4) is 0 Å². The van der Waals surface area contributed by atoms with Crippen molar-refractivity contribution < 1.29 is 48.0 Å². The number of nitrogens with one attached hydrogen (secondary N) is 1. The molecule has 2 atom stereocenters. The van der Waals surface area contributed by atoms with Crippen LogP contribution in [0.5, 0.6) is 11.5 Å². The third-order valence-corrected chi connectivity index (χ3v) is 8.22. The number of carbonyl (C=O) groups is 4. The van der Waals surface area contributed by atoms with Crippen molar-refractivity contribution in [1.29, 1.82) is 0 Å². The highest BCUT2D eigenvalue weighted by Crippen LogP contribution is 2.38. The molecule has 274 valence electrons. The van der Waals surface area contributed by atoms with E-state index in [-0.39, 0.29) is 25.5 Å². The molecule has 2 amide bonds. The van der Waals surface area contributed by atoms with E-state index in [0.717, 1.165) is 0 Å². The van der Waals surface area contributed by atoms with Gasteiger partial charge in [0.15, 0.2) is 23.0 Å². The zero-order valence-electron chi connectivity index (χ0n) is 29.8. The number of carboxylic acid groups (broad SMARTS) is 1. The number of rotatable bonds is 12. The van der Waals surface area contributed by atoms with Crippen LogP contribution >= 0.6 is 0 Å². The highest BCUT2D eigenvalue weighted by atomic mass is 16.7. The molecular formula is C41H40N2O10. The zero-order chi connectivity index (χ0) is 38.1. The molecule has 0 spiro atoms. The van der Waals surface area contributed by atoms with Crippen LogP contribution in [0.2, 0.25) is 0 Å². The fourth-order valence-electron chi connectivity index (χ4n) is 5.63. The standard InChI is InChI=1S/C41H40N2O10/c1-26(43(21-11-14-27-12-7-5-8-13-27)39(48)37(46)32(24-36(44)45)40(49)53-41(2,3)4)31(28-17-19-33-35(22-28)51-25-50-33)23-30-18-20-34(52-30)38(47)42-29-15-9-6-10-16-29/h5-10,12-13,15-20,22,26,31,46H,21,23-25H2,1-4H3,(H,42,47)(H,44,45)/t26-,31+/m0/s1. The first-order chi connectivity index (χ1) is 25.3. The fourth-order valence-corrected chi connectivity index (χ4v) is 5.63. The molecule has 0 aliphatic carbocycles. The van der Waals surface area contributed by atoms with Gasteiger partial charge in [0.05, 0.1) is 18.5 Å². The number of furan rings is 1. The number of anilines is 1. The van der Waals surface area contributed by atoms with E-state index in [1.54, 1.807) is 88.4 Å². The van der Waals surface area contributed by atoms with Gasteiger partial charge < -0.3 is 39.1 Å². The number of aliphatic hydroxyl groups is 1. The number of benzene rings is 3. The van der Waals surface area contributed by atoms with Crippen LogP contribution < -0.4 is 14.8 Å². The summed E-state index contributed by atoms with van der Waals surface area (Å²) in [4.78, 5) is 53.5. The summed E-state index contributed by atoms with van der Waals surface area (Å²) in [6, 6.07) is 25.8. The number of amides is 2. The molecule has 0 bridgehead atoms. The molecule has 0 saturated heterocycles. The first-order valence-corrected chi connectivity index (χ1v) is 16.9. The Hall–Kier alpha value is -6.48. The first kappa shape index (κ1) is 37.8. The Morgan fingerprint density at radius 1 is 0.906 bits per heavy atom. The SMILES string of the molecule is C[C@@H]([C@@H](Cc1ccc(C(=O)Nc2ccccc2)o1)c1ccc2c(c1)OCO2)N(CC#Cc1ccccc1)C(=O)C(O)=C(CC(=O)O)C(=O)OC(C)(C)C. The highest BCUT2D eigenvalue weighted by Gasteiger charge is 2.35. The number of carbonyl (C=O) groups excluding carboxylic acids is 3. The summed E-state index contributed by atoms with van der Waals surface area (Å²) in [7, 11) is 0. The Kier molecular flexibility index (Phi) is 11.9. The number of esters is 1. The molecule has 3 aromatic carbocycles. The van der Waals surface area contributed by atoms with Crippen molar-refractivity contribution in [2.45, 2.75) is 58.1 Å². The van der Waals surface area contributed by atoms with Gasteiger partial charge in [-0.3, -0.25) is 14.4 Å². The van der Waals surface area contributed by atoms with Crippen LogP contribution in [0.1, 0.15) is 67.5 Å². The topological polar surface area (TPSA) is 165 Å². The maximum atomic E-state index is 14.3. The quantitative estimate of drug-likeness (QED) is 0.0638. The van der Waals surface area contributed by atoms with Crippen LogP contribution in [0, 0.1) is 11.8 Å². The van der Waals surface area contributed by atoms with E-state index in [0.29, 0.717) is 34.1 Å². The normalized spacial score (nSPS) is 13.4. The van der Waals surface area contributed by atoms with Crippen molar-refractivity contribution >= 4 is 29.4 Å². The van der Waals surface area contributed by atoms with Crippen LogP contribution in [0.25, 0.3) is 0 Å². The lowest BCUT2D eigenvalue weighted by molar-refractivity contribution is -0.152. The predicted octanol–water partition coefficient (Wildman–Crippen LogP) is 6.48. The van der Waals surface area contributed by atoms with Crippen molar-refractivity contribution in [1.82, 2.24) is 4.90 Å². The van der Waals surface area contributed by atoms with Gasteiger partial charge in [-0.15, -0.1) is 0 Å². The Bertz CT molecular complexity index is 2050. The van der Waals surface area contributed by atoms with E-state index in [1.807, 2.05) is 30.3 Å². The van der Waals surface area contributed by atoms with Crippen molar-refractivity contribution in [3.8, 4) is 23.3 Å². The number of carboxylic acids is 1. The van der Waals surface area contributed by atoms with E-state index in [9.17, 15) is 29.4 Å². The summed E-state index contributed by atoms with van der Waals surface area (Å²) in [5.74, 6) is 1.78. The second kappa shape index (κ2) is 16.7. The molecule has 0 saturated carbocycles. The molecule has 0 fully saturated rings. The van der Waals surface area contributed by atoms with Crippen LogP contribution in [0.4, 0.5) is 5.69 Å². The average Bonchev–Trinajstić information content (AvgIpc) is 3.80. The van der Waals surface area contributed by atoms with Gasteiger partial charge in [-0.05, 0) is 81.8 Å². The Labute approximate surface area is 307 Å². The van der Waals surface area contributed by atoms with Gasteiger partial charge in [-0.1, -0.05) is 54.3 Å². The van der Waals surface area contributed by atoms with Gasteiger partial charge in [-0.2, -0.15) is 0 Å². The second-order valence-corrected chi connectivity index (χ2v) is 13.3. The van der Waals surface area contributed by atoms with Crippen molar-refractivity contribution in [2.24, 2.45) is 0 Å². The van der Waals surface area contributed by atoms with E-state index in [4.69, 9.17) is 18.6 Å². The van der Waals surface area contributed by atoms with Gasteiger partial charge in [0.25, 0.3) is 11.8 Å². The molecule has 5 rings (SSSR count). The number of nitrogens with zero attached hydrogens (tertiary/aromatic N) is 1. The van der Waals surface area contributed by atoms with Gasteiger partial charge in [0.1, 0.15) is 11.4 Å². The second-order valence-electron chi connectivity index (χ2n) is 13.3. The maximum Gasteiger partial charge on any atom is 0.339 e. The summed E-state index contributed by atoms with van der Waals surface area (Å²) in [6.45, 7) is 6.29. The molecule has 1 aliphatic heterocycles. The van der Waals surface area contributed by atoms with E-state index in [2.05, 4.69) is 17.2 Å². The van der Waals surface area contributed by atoms with Crippen molar-refractivity contribution in [3.63, 3.8) is 0 Å². The smallest absolute Gasteiger partial charge is 0.339 e. The van der Waals surface area contributed by atoms with E-state index in [1.165, 1.54) is 4.90 Å². The molecule has 3 N–H and O–H groups in total. The number of hydrogen-bond donors (Lipinski definition) is 3. The third-order valence-electron chi connectivity index (χ3n) is 8.22. The lowest BCUT2D eigenvalue weighted by atomic mass is 9.87. The van der Waals surface area contributed by atoms with Crippen molar-refractivity contribution in [3.05, 3.63) is 125 Å². The molecule has 4 aromatic rings. The first-order valence-electron chi connectivity index (χ1n) is 16.9. The maximum absolute atomic E-state index is 14.3. The number of para-hydroxylation sites is 1. The summed E-state index contributed by atoms with van der Waals surface area (Å²) in [6.07, 6.45) is -0.802. The molecule has 0 radical (unpaired) electrons. The Morgan fingerprint density at radius 3 is 2.26 bits per heavy atom. The largest absolute Gasteiger partial charge is 0.503 e. The van der Waals surface area contributed by atoms with Crippen molar-refractivity contribution in [2.75, 3.05) is 18.7 Å². The summed E-state index contributed by atoms with van der Waals surface area (Å²) in [5, 5.41) is 23.8. The van der Waals surface area contributed by atoms with Crippen LogP contribution in [-0.2, 0) is 25.5 Å². The highest BCUT2D eigenvalue weighted by molar-refractivity contribution is 6.04. The molecule has 0 unspecified atom stereocenters. The fraction of sp³-hybridized carbons (Fsp3) is 0.268. The molecule has 12 heteroatoms. The summed E-state index contributed by atoms with van der Waals surface area (Å²) in [5.41, 5.74) is 0.225. The minimum absolute atomic E-state index is 0.0342. The summed E-state index contributed by atoms with van der Waals surface area (Å²) < 4.78 is 22.5. The number of ether oxygens (including phenoxy) is 3. The minimum Gasteiger partial charge on any atom is -0.503 e. The molecular weight excluding hydrogens is 680 g/mol. The van der Waals surface area contributed by atoms with Gasteiger partial charge in [-0.25, -0.2) is 4.79 Å². The Morgan fingerprint density at radius 2 is 1.58 bits per heavy atom. The lowest BCUT2D eigenvalue weighted by Gasteiger charge is -2.34. The van der Waals surface area contributed by atoms with Gasteiger partial charge in [0.2, 0.25) is 6.79 Å². The molecule has 1 aliphatic rings. The molecule has 12 nitrogen and oxygen atoms in total. The molecule has 1 aromatic heterocycles. The predicted molar refractivity (Wildman–Crippen MR) is 194 cm³/mol. The minimum atomic E-state index is -1.45. The van der Waals surface area contributed by atoms with E-state index < -0.39 is 59.1 Å². The monoisotopic (exact) mass is 720 g/mol. The van der Waals surface area contributed by atoms with Crippen LogP contribution in [0.15, 0.2) is 107 Å². The third kappa shape index (κ3) is 10.1. The zero-order valence-corrected chi connectivity index (χ0v) is 29.8. The van der Waals surface area contributed by atoms with Gasteiger partial charge in [0, 0.05) is 29.6 Å². The van der Waals surface area contributed by atoms with Gasteiger partial charge >= 0.3 is 11.9 Å². The number of hydrogen-bond acceptors (Lipinski definition) is 9.